The van der Waals surface area contributed by atoms with Crippen LogP contribution < -0.4 is 0 Å². The summed E-state index contributed by atoms with van der Waals surface area (Å²) in [6, 6.07) is 6.94. The molecule has 1 aliphatic rings. The molecule has 1 heterocycles. The van der Waals surface area contributed by atoms with Crippen molar-refractivity contribution in [2.75, 3.05) is 13.1 Å². The molecule has 0 aliphatic carbocycles. The van der Waals surface area contributed by atoms with E-state index in [1.54, 1.807) is 25.1 Å². The summed E-state index contributed by atoms with van der Waals surface area (Å²) >= 11 is 0. The maximum absolute atomic E-state index is 12.4. The van der Waals surface area contributed by atoms with E-state index >= 15 is 0 Å². The van der Waals surface area contributed by atoms with Gasteiger partial charge < -0.3 is 5.11 Å². The minimum absolute atomic E-state index is 0.205. The van der Waals surface area contributed by atoms with E-state index in [2.05, 4.69) is 0 Å². The van der Waals surface area contributed by atoms with Gasteiger partial charge in [-0.1, -0.05) is 18.2 Å². The average Bonchev–Trinajstić information content (AvgIpc) is 2.29. The fourth-order valence-electron chi connectivity index (χ4n) is 2.12. The third-order valence-electron chi connectivity index (χ3n) is 3.07. The molecular weight excluding hydrogens is 238 g/mol. The largest absolute Gasteiger partial charge is 0.392 e. The molecule has 0 aromatic heterocycles. The van der Waals surface area contributed by atoms with E-state index in [0.717, 1.165) is 5.56 Å². The first-order chi connectivity index (χ1) is 8.01. The molecule has 1 atom stereocenters. The number of sulfonamides is 1. The second kappa shape index (κ2) is 4.76. The zero-order valence-corrected chi connectivity index (χ0v) is 10.7. The zero-order valence-electron chi connectivity index (χ0n) is 9.83. The van der Waals surface area contributed by atoms with Crippen molar-refractivity contribution in [2.24, 2.45) is 0 Å². The number of aryl methyl sites for hydroxylation is 1. The molecule has 1 aliphatic heterocycles. The monoisotopic (exact) mass is 255 g/mol. The van der Waals surface area contributed by atoms with Crippen molar-refractivity contribution in [3.05, 3.63) is 29.8 Å². The molecule has 0 amide bonds. The van der Waals surface area contributed by atoms with Crippen LogP contribution in [0.4, 0.5) is 0 Å². The van der Waals surface area contributed by atoms with E-state index in [1.165, 1.54) is 4.31 Å². The lowest BCUT2D eigenvalue weighted by Crippen LogP contribution is -2.42. The molecule has 4 nitrogen and oxygen atoms in total. The van der Waals surface area contributed by atoms with Crippen LogP contribution in [0.1, 0.15) is 18.4 Å². The summed E-state index contributed by atoms with van der Waals surface area (Å²) < 4.78 is 26.1. The fraction of sp³-hybridized carbons (Fsp3) is 0.500. The van der Waals surface area contributed by atoms with Gasteiger partial charge in [-0.2, -0.15) is 4.31 Å². The molecule has 1 fully saturated rings. The lowest BCUT2D eigenvalue weighted by atomic mass is 10.1. The minimum Gasteiger partial charge on any atom is -0.392 e. The van der Waals surface area contributed by atoms with Crippen LogP contribution in [0, 0.1) is 6.92 Å². The second-order valence-corrected chi connectivity index (χ2v) is 6.33. The highest BCUT2D eigenvalue weighted by molar-refractivity contribution is 7.89. The maximum atomic E-state index is 12.4. The highest BCUT2D eigenvalue weighted by atomic mass is 32.2. The van der Waals surface area contributed by atoms with E-state index in [9.17, 15) is 13.5 Å². The summed E-state index contributed by atoms with van der Waals surface area (Å²) in [5.74, 6) is 0. The van der Waals surface area contributed by atoms with E-state index in [-0.39, 0.29) is 6.54 Å². The Labute approximate surface area is 102 Å². The summed E-state index contributed by atoms with van der Waals surface area (Å²) in [7, 11) is -3.45. The summed E-state index contributed by atoms with van der Waals surface area (Å²) in [5, 5.41) is 9.55. The molecule has 1 aromatic rings. The number of aliphatic hydroxyl groups excluding tert-OH is 1. The van der Waals surface area contributed by atoms with Crippen LogP contribution in [-0.2, 0) is 10.0 Å². The van der Waals surface area contributed by atoms with E-state index < -0.39 is 16.1 Å². The van der Waals surface area contributed by atoms with Gasteiger partial charge in [0, 0.05) is 13.1 Å². The molecule has 5 heteroatoms. The summed E-state index contributed by atoms with van der Waals surface area (Å²) in [6.45, 7) is 2.48. The lowest BCUT2D eigenvalue weighted by molar-refractivity contribution is 0.108. The normalized spacial score (nSPS) is 22.6. The molecule has 1 saturated heterocycles. The quantitative estimate of drug-likeness (QED) is 0.862. The van der Waals surface area contributed by atoms with Crippen LogP contribution in [-0.4, -0.2) is 37.0 Å². The Kier molecular flexibility index (Phi) is 3.51. The van der Waals surface area contributed by atoms with Crippen molar-refractivity contribution in [3.63, 3.8) is 0 Å². The number of aliphatic hydroxyl groups is 1. The van der Waals surface area contributed by atoms with Gasteiger partial charge in [-0.3, -0.25) is 0 Å². The van der Waals surface area contributed by atoms with Crippen molar-refractivity contribution >= 4 is 10.0 Å². The molecular formula is C12H17NO3S. The predicted molar refractivity (Wildman–Crippen MR) is 65.2 cm³/mol. The van der Waals surface area contributed by atoms with Gasteiger partial charge in [-0.25, -0.2) is 8.42 Å². The fourth-order valence-corrected chi connectivity index (χ4v) is 3.87. The zero-order chi connectivity index (χ0) is 12.5. The Morgan fingerprint density at radius 1 is 1.35 bits per heavy atom. The first kappa shape index (κ1) is 12.5. The van der Waals surface area contributed by atoms with Crippen LogP contribution in [0.25, 0.3) is 0 Å². The number of benzene rings is 1. The Balaban J connectivity index is 2.33. The van der Waals surface area contributed by atoms with Crippen LogP contribution >= 0.6 is 0 Å². The van der Waals surface area contributed by atoms with Crippen molar-refractivity contribution in [2.45, 2.75) is 30.8 Å². The molecule has 17 heavy (non-hydrogen) atoms. The molecule has 0 unspecified atom stereocenters. The first-order valence-electron chi connectivity index (χ1n) is 5.75. The van der Waals surface area contributed by atoms with Crippen molar-refractivity contribution in [1.82, 2.24) is 4.31 Å². The highest BCUT2D eigenvalue weighted by Gasteiger charge is 2.30. The van der Waals surface area contributed by atoms with Gasteiger partial charge >= 0.3 is 0 Å². The smallest absolute Gasteiger partial charge is 0.243 e. The molecule has 2 rings (SSSR count). The summed E-state index contributed by atoms with van der Waals surface area (Å²) in [4.78, 5) is 0.342. The van der Waals surface area contributed by atoms with Crippen LogP contribution in [0.15, 0.2) is 29.2 Å². The first-order valence-corrected chi connectivity index (χ1v) is 7.19. The lowest BCUT2D eigenvalue weighted by Gasteiger charge is -2.29. The van der Waals surface area contributed by atoms with Gasteiger partial charge in [-0.05, 0) is 31.4 Å². The number of hydrogen-bond donors (Lipinski definition) is 1. The van der Waals surface area contributed by atoms with Crippen molar-refractivity contribution in [1.29, 1.82) is 0 Å². The predicted octanol–water partition coefficient (Wildman–Crippen LogP) is 1.14. The number of rotatable bonds is 2. The third kappa shape index (κ3) is 2.51. The van der Waals surface area contributed by atoms with Crippen LogP contribution in [0.2, 0.25) is 0 Å². The number of nitrogens with zero attached hydrogens (tertiary/aromatic N) is 1. The average molecular weight is 255 g/mol. The number of hydrogen-bond acceptors (Lipinski definition) is 3. The molecule has 0 bridgehead atoms. The van der Waals surface area contributed by atoms with Gasteiger partial charge in [0.15, 0.2) is 0 Å². The molecule has 0 saturated carbocycles. The standard InChI is InChI=1S/C12H17NO3S/c1-10-5-2-3-7-12(10)17(15,16)13-8-4-6-11(14)9-13/h2-3,5,7,11,14H,4,6,8-9H2,1H3/t11-/m0/s1. The van der Waals surface area contributed by atoms with Gasteiger partial charge in [-0.15, -0.1) is 0 Å². The van der Waals surface area contributed by atoms with E-state index in [0.29, 0.717) is 24.3 Å². The third-order valence-corrected chi connectivity index (χ3v) is 5.10. The van der Waals surface area contributed by atoms with Gasteiger partial charge in [0.05, 0.1) is 11.0 Å². The van der Waals surface area contributed by atoms with Crippen molar-refractivity contribution < 1.29 is 13.5 Å². The molecule has 0 spiro atoms. The van der Waals surface area contributed by atoms with Gasteiger partial charge in [0.25, 0.3) is 0 Å². The molecule has 0 radical (unpaired) electrons. The highest BCUT2D eigenvalue weighted by Crippen LogP contribution is 2.22. The Morgan fingerprint density at radius 3 is 2.71 bits per heavy atom. The van der Waals surface area contributed by atoms with Gasteiger partial charge in [0.1, 0.15) is 0 Å². The minimum atomic E-state index is -3.45. The van der Waals surface area contributed by atoms with Crippen LogP contribution in [0.3, 0.4) is 0 Å². The SMILES string of the molecule is Cc1ccccc1S(=O)(=O)N1CCC[C@H](O)C1. The summed E-state index contributed by atoms with van der Waals surface area (Å²) in [6.07, 6.45) is 0.856. The van der Waals surface area contributed by atoms with E-state index in [4.69, 9.17) is 0 Å². The maximum Gasteiger partial charge on any atom is 0.243 e. The Morgan fingerprint density at radius 2 is 2.06 bits per heavy atom. The van der Waals surface area contributed by atoms with Gasteiger partial charge in [0.2, 0.25) is 10.0 Å². The Hall–Kier alpha value is -0.910. The topological polar surface area (TPSA) is 57.6 Å². The summed E-state index contributed by atoms with van der Waals surface area (Å²) in [5.41, 5.74) is 0.743. The Bertz CT molecular complexity index is 498. The molecule has 1 aromatic carbocycles. The molecule has 1 N–H and O–H groups in total. The number of β-amino-alcohol motifs (C(OH)–C–C–N with tert-alkyl or cyclic N) is 1. The second-order valence-electron chi connectivity index (χ2n) is 4.42. The van der Waals surface area contributed by atoms with Crippen LogP contribution in [0.5, 0.6) is 0 Å². The van der Waals surface area contributed by atoms with E-state index in [1.807, 2.05) is 6.07 Å². The molecule has 94 valence electrons. The van der Waals surface area contributed by atoms with Crippen molar-refractivity contribution in [3.8, 4) is 0 Å². The number of piperidine rings is 1.